The Balaban J connectivity index is 1.51. The number of nitrogens with two attached hydrogens (primary N) is 1. The van der Waals surface area contributed by atoms with Crippen LogP contribution in [0.25, 0.3) is 0 Å². The molecule has 0 aliphatic carbocycles. The third-order valence-electron chi connectivity index (χ3n) is 3.54. The highest BCUT2D eigenvalue weighted by Gasteiger charge is 2.19. The van der Waals surface area contributed by atoms with Crippen molar-refractivity contribution in [1.82, 2.24) is 15.0 Å². The molecule has 2 aromatic heterocycles. The van der Waals surface area contributed by atoms with E-state index in [0.29, 0.717) is 18.1 Å². The van der Waals surface area contributed by atoms with Gasteiger partial charge in [0.15, 0.2) is 5.82 Å². The smallest absolute Gasteiger partial charge is 0.227 e. The van der Waals surface area contributed by atoms with Crippen molar-refractivity contribution in [2.45, 2.75) is 18.9 Å². The largest absolute Gasteiger partial charge is 0.469 e. The molecule has 0 aromatic carbocycles. The molecule has 1 unspecified atom stereocenters. The molecule has 1 aliphatic heterocycles. The van der Waals surface area contributed by atoms with Crippen LogP contribution in [0.2, 0.25) is 0 Å². The van der Waals surface area contributed by atoms with Gasteiger partial charge in [-0.05, 0) is 12.1 Å². The Hall–Kier alpha value is -1.70. The van der Waals surface area contributed by atoms with Crippen LogP contribution in [0.5, 0.6) is 0 Å². The number of ether oxygens (including phenoxy) is 1. The van der Waals surface area contributed by atoms with E-state index in [-0.39, 0.29) is 6.04 Å². The molecule has 0 saturated carbocycles. The number of morpholine rings is 1. The van der Waals surface area contributed by atoms with Crippen LogP contribution in [0.3, 0.4) is 0 Å². The van der Waals surface area contributed by atoms with Gasteiger partial charge in [0.05, 0.1) is 25.5 Å². The first-order valence-electron chi connectivity index (χ1n) is 7.22. The first-order valence-corrected chi connectivity index (χ1v) is 7.22. The fourth-order valence-electron chi connectivity index (χ4n) is 2.35. The highest BCUT2D eigenvalue weighted by Crippen LogP contribution is 2.12. The van der Waals surface area contributed by atoms with Crippen molar-refractivity contribution in [3.05, 3.63) is 35.9 Å². The lowest BCUT2D eigenvalue weighted by Crippen LogP contribution is -2.40. The van der Waals surface area contributed by atoms with Crippen molar-refractivity contribution in [1.29, 1.82) is 0 Å². The summed E-state index contributed by atoms with van der Waals surface area (Å²) < 4.78 is 15.8. The molecule has 7 nitrogen and oxygen atoms in total. The molecule has 7 heteroatoms. The van der Waals surface area contributed by atoms with E-state index in [2.05, 4.69) is 15.0 Å². The van der Waals surface area contributed by atoms with E-state index in [9.17, 15) is 0 Å². The van der Waals surface area contributed by atoms with Crippen molar-refractivity contribution >= 4 is 0 Å². The maximum atomic E-state index is 6.14. The second kappa shape index (κ2) is 6.84. The quantitative estimate of drug-likeness (QED) is 0.841. The minimum absolute atomic E-state index is 0.232. The number of hydrogen-bond acceptors (Lipinski definition) is 7. The summed E-state index contributed by atoms with van der Waals surface area (Å²) in [5.74, 6) is 2.07. The molecule has 3 heterocycles. The van der Waals surface area contributed by atoms with E-state index in [1.54, 1.807) is 6.26 Å². The molecular formula is C14H20N4O3. The van der Waals surface area contributed by atoms with Crippen molar-refractivity contribution in [3.63, 3.8) is 0 Å². The van der Waals surface area contributed by atoms with E-state index in [0.717, 1.165) is 45.0 Å². The summed E-state index contributed by atoms with van der Waals surface area (Å²) in [6.07, 6.45) is 3.06. The van der Waals surface area contributed by atoms with Gasteiger partial charge in [0, 0.05) is 32.5 Å². The van der Waals surface area contributed by atoms with Gasteiger partial charge in [-0.1, -0.05) is 5.16 Å². The molecule has 1 atom stereocenters. The second-order valence-electron chi connectivity index (χ2n) is 5.15. The van der Waals surface area contributed by atoms with Crippen LogP contribution in [0.15, 0.2) is 27.3 Å². The maximum absolute atomic E-state index is 6.14. The first kappa shape index (κ1) is 14.2. The lowest BCUT2D eigenvalue weighted by atomic mass is 10.2. The molecule has 21 heavy (non-hydrogen) atoms. The summed E-state index contributed by atoms with van der Waals surface area (Å²) in [7, 11) is 0. The summed E-state index contributed by atoms with van der Waals surface area (Å²) in [5, 5.41) is 3.98. The van der Waals surface area contributed by atoms with Gasteiger partial charge < -0.3 is 19.4 Å². The van der Waals surface area contributed by atoms with E-state index in [4.69, 9.17) is 19.4 Å². The fourth-order valence-corrected chi connectivity index (χ4v) is 2.35. The van der Waals surface area contributed by atoms with Crippen LogP contribution in [0, 0.1) is 0 Å². The highest BCUT2D eigenvalue weighted by molar-refractivity contribution is 5.01. The average Bonchev–Trinajstić information content (AvgIpc) is 3.18. The number of furan rings is 1. The number of nitrogens with zero attached hydrogens (tertiary/aromatic N) is 3. The Morgan fingerprint density at radius 3 is 2.90 bits per heavy atom. The van der Waals surface area contributed by atoms with Crippen molar-refractivity contribution < 1.29 is 13.7 Å². The molecule has 0 radical (unpaired) electrons. The number of aryl methyl sites for hydroxylation is 2. The van der Waals surface area contributed by atoms with Gasteiger partial charge in [0.1, 0.15) is 5.76 Å². The Morgan fingerprint density at radius 2 is 2.14 bits per heavy atom. The van der Waals surface area contributed by atoms with Gasteiger partial charge >= 0.3 is 0 Å². The number of hydrogen-bond donors (Lipinski definition) is 1. The van der Waals surface area contributed by atoms with Crippen LogP contribution in [-0.4, -0.2) is 47.9 Å². The molecule has 3 rings (SSSR count). The minimum Gasteiger partial charge on any atom is -0.469 e. The van der Waals surface area contributed by atoms with E-state index >= 15 is 0 Å². The van der Waals surface area contributed by atoms with Gasteiger partial charge in [-0.2, -0.15) is 4.98 Å². The molecule has 1 aliphatic rings. The van der Waals surface area contributed by atoms with Crippen molar-refractivity contribution in [3.8, 4) is 0 Å². The van der Waals surface area contributed by atoms with E-state index in [1.165, 1.54) is 0 Å². The molecule has 0 spiro atoms. The van der Waals surface area contributed by atoms with E-state index in [1.807, 2.05) is 12.1 Å². The normalized spacial score (nSPS) is 18.0. The summed E-state index contributed by atoms with van der Waals surface area (Å²) in [5.41, 5.74) is 6.14. The zero-order valence-electron chi connectivity index (χ0n) is 11.9. The predicted molar refractivity (Wildman–Crippen MR) is 74.6 cm³/mol. The Morgan fingerprint density at radius 1 is 1.29 bits per heavy atom. The van der Waals surface area contributed by atoms with Crippen LogP contribution in [0.1, 0.15) is 23.5 Å². The third kappa shape index (κ3) is 3.90. The standard InChI is InChI=1S/C14H20N4O3/c15-12(10-18-5-8-19-9-6-18)14-16-13(21-17-14)4-3-11-2-1-7-20-11/h1-2,7,12H,3-6,8-10,15H2. The van der Waals surface area contributed by atoms with Crippen LogP contribution in [-0.2, 0) is 17.6 Å². The van der Waals surface area contributed by atoms with Crippen molar-refractivity contribution in [2.75, 3.05) is 32.8 Å². The molecule has 0 amide bonds. The zero-order chi connectivity index (χ0) is 14.5. The first-order chi connectivity index (χ1) is 10.3. The van der Waals surface area contributed by atoms with Gasteiger partial charge in [0.2, 0.25) is 5.89 Å². The van der Waals surface area contributed by atoms with Gasteiger partial charge in [-0.15, -0.1) is 0 Å². The van der Waals surface area contributed by atoms with Crippen molar-refractivity contribution in [2.24, 2.45) is 5.73 Å². The highest BCUT2D eigenvalue weighted by atomic mass is 16.5. The molecule has 0 bridgehead atoms. The Labute approximate surface area is 123 Å². The molecule has 1 fully saturated rings. The maximum Gasteiger partial charge on any atom is 0.227 e. The third-order valence-corrected chi connectivity index (χ3v) is 3.54. The zero-order valence-corrected chi connectivity index (χ0v) is 11.9. The topological polar surface area (TPSA) is 90.5 Å². The van der Waals surface area contributed by atoms with Gasteiger partial charge in [-0.3, -0.25) is 4.90 Å². The van der Waals surface area contributed by atoms with Gasteiger partial charge in [-0.25, -0.2) is 0 Å². The lowest BCUT2D eigenvalue weighted by Gasteiger charge is -2.27. The Kier molecular flexibility index (Phi) is 4.64. The minimum atomic E-state index is -0.232. The van der Waals surface area contributed by atoms with Crippen LogP contribution >= 0.6 is 0 Å². The van der Waals surface area contributed by atoms with Gasteiger partial charge in [0.25, 0.3) is 0 Å². The van der Waals surface area contributed by atoms with Crippen LogP contribution < -0.4 is 5.73 Å². The lowest BCUT2D eigenvalue weighted by molar-refractivity contribution is 0.0348. The monoisotopic (exact) mass is 292 g/mol. The predicted octanol–water partition coefficient (Wildman–Crippen LogP) is 0.780. The SMILES string of the molecule is NC(CN1CCOCC1)c1noc(CCc2ccco2)n1. The summed E-state index contributed by atoms with van der Waals surface area (Å²) in [6, 6.07) is 3.57. The summed E-state index contributed by atoms with van der Waals surface area (Å²) >= 11 is 0. The number of aromatic nitrogens is 2. The number of rotatable bonds is 6. The van der Waals surface area contributed by atoms with Crippen LogP contribution in [0.4, 0.5) is 0 Å². The molecular weight excluding hydrogens is 272 g/mol. The second-order valence-corrected chi connectivity index (χ2v) is 5.15. The molecule has 114 valence electrons. The summed E-state index contributed by atoms with van der Waals surface area (Å²) in [6.45, 7) is 4.04. The molecule has 1 saturated heterocycles. The summed E-state index contributed by atoms with van der Waals surface area (Å²) in [4.78, 5) is 6.63. The molecule has 2 aromatic rings. The van der Waals surface area contributed by atoms with E-state index < -0.39 is 0 Å². The Bertz CT molecular complexity index is 534. The molecule has 2 N–H and O–H groups in total. The fraction of sp³-hybridized carbons (Fsp3) is 0.571. The average molecular weight is 292 g/mol.